The zero-order valence-electron chi connectivity index (χ0n) is 11.3. The molecule has 1 aromatic heterocycles. The van der Waals surface area contributed by atoms with Crippen LogP contribution in [0.25, 0.3) is 0 Å². The highest BCUT2D eigenvalue weighted by atomic mass is 32.2. The van der Waals surface area contributed by atoms with Gasteiger partial charge < -0.3 is 5.32 Å². The molecule has 0 spiro atoms. The Balaban J connectivity index is 2.24. The zero-order chi connectivity index (χ0) is 13.9. The van der Waals surface area contributed by atoms with Gasteiger partial charge in [0.1, 0.15) is 4.90 Å². The molecular formula is C12H20N4O2S. The summed E-state index contributed by atoms with van der Waals surface area (Å²) in [4.78, 5) is 8.23. The van der Waals surface area contributed by atoms with E-state index in [0.29, 0.717) is 19.0 Å². The smallest absolute Gasteiger partial charge is 0.246 e. The lowest BCUT2D eigenvalue weighted by Gasteiger charge is -2.22. The van der Waals surface area contributed by atoms with E-state index in [2.05, 4.69) is 15.3 Å². The molecule has 1 atom stereocenters. The maximum absolute atomic E-state index is 12.5. The molecule has 1 saturated heterocycles. The van der Waals surface area contributed by atoms with Gasteiger partial charge in [-0.25, -0.2) is 18.4 Å². The molecule has 1 N–H and O–H groups in total. The topological polar surface area (TPSA) is 75.2 Å². The van der Waals surface area contributed by atoms with Crippen molar-refractivity contribution in [2.75, 3.05) is 18.4 Å². The predicted octanol–water partition coefficient (Wildman–Crippen LogP) is 1.47. The van der Waals surface area contributed by atoms with Crippen LogP contribution in [0.1, 0.15) is 33.1 Å². The molecule has 1 unspecified atom stereocenters. The molecule has 2 rings (SSSR count). The molecule has 0 saturated carbocycles. The van der Waals surface area contributed by atoms with E-state index in [4.69, 9.17) is 0 Å². The van der Waals surface area contributed by atoms with Crippen LogP contribution in [0.2, 0.25) is 0 Å². The van der Waals surface area contributed by atoms with E-state index >= 15 is 0 Å². The number of nitrogens with zero attached hydrogens (tertiary/aromatic N) is 3. The van der Waals surface area contributed by atoms with Gasteiger partial charge in [0, 0.05) is 19.1 Å². The summed E-state index contributed by atoms with van der Waals surface area (Å²) in [5.74, 6) is 0.454. The minimum absolute atomic E-state index is 0.110. The minimum atomic E-state index is -3.45. The summed E-state index contributed by atoms with van der Waals surface area (Å²) in [7, 11) is -3.45. The molecule has 6 nitrogen and oxygen atoms in total. The first-order valence-corrected chi connectivity index (χ1v) is 8.11. The van der Waals surface area contributed by atoms with Gasteiger partial charge >= 0.3 is 0 Å². The molecule has 1 fully saturated rings. The van der Waals surface area contributed by atoms with Gasteiger partial charge in [0.05, 0.1) is 12.4 Å². The van der Waals surface area contributed by atoms with E-state index in [1.54, 1.807) is 4.31 Å². The van der Waals surface area contributed by atoms with Crippen molar-refractivity contribution in [2.45, 2.75) is 44.0 Å². The Morgan fingerprint density at radius 3 is 2.63 bits per heavy atom. The number of sulfonamides is 1. The van der Waals surface area contributed by atoms with Crippen molar-refractivity contribution in [3.63, 3.8) is 0 Å². The predicted molar refractivity (Wildman–Crippen MR) is 73.4 cm³/mol. The molecule has 106 valence electrons. The summed E-state index contributed by atoms with van der Waals surface area (Å²) in [6, 6.07) is 0.110. The standard InChI is InChI=1S/C12H20N4O2S/c1-3-10-6-5-7-16(10)19(17,18)11-8-14-12(13-4-2)15-9-11/h8-10H,3-7H2,1-2H3,(H,13,14,15). The number of anilines is 1. The maximum Gasteiger partial charge on any atom is 0.246 e. The van der Waals surface area contributed by atoms with E-state index in [-0.39, 0.29) is 10.9 Å². The normalized spacial score (nSPS) is 20.6. The zero-order valence-corrected chi connectivity index (χ0v) is 12.2. The molecule has 19 heavy (non-hydrogen) atoms. The third-order valence-electron chi connectivity index (χ3n) is 3.36. The lowest BCUT2D eigenvalue weighted by molar-refractivity contribution is 0.379. The van der Waals surface area contributed by atoms with E-state index in [9.17, 15) is 8.42 Å². The maximum atomic E-state index is 12.5. The first-order valence-electron chi connectivity index (χ1n) is 6.67. The van der Waals surface area contributed by atoms with Gasteiger partial charge in [-0.1, -0.05) is 6.92 Å². The third kappa shape index (κ3) is 2.87. The minimum Gasteiger partial charge on any atom is -0.355 e. The molecule has 0 aliphatic carbocycles. The van der Waals surface area contributed by atoms with Crippen molar-refractivity contribution in [3.05, 3.63) is 12.4 Å². The second kappa shape index (κ2) is 5.83. The summed E-state index contributed by atoms with van der Waals surface area (Å²) in [5.41, 5.74) is 0. The Hall–Kier alpha value is -1.21. The summed E-state index contributed by atoms with van der Waals surface area (Å²) in [6.45, 7) is 5.25. The number of rotatable bonds is 5. The molecule has 1 aromatic rings. The van der Waals surface area contributed by atoms with Crippen molar-refractivity contribution in [3.8, 4) is 0 Å². The Kier molecular flexibility index (Phi) is 4.36. The SMILES string of the molecule is CCNc1ncc(S(=O)(=O)N2CCCC2CC)cn1. The van der Waals surface area contributed by atoms with Crippen LogP contribution in [0, 0.1) is 0 Å². The van der Waals surface area contributed by atoms with Crippen LogP contribution in [0.15, 0.2) is 17.3 Å². The fourth-order valence-corrected chi connectivity index (χ4v) is 4.03. The van der Waals surface area contributed by atoms with Crippen LogP contribution in [0.3, 0.4) is 0 Å². The van der Waals surface area contributed by atoms with Crippen molar-refractivity contribution < 1.29 is 8.42 Å². The first kappa shape index (κ1) is 14.2. The lowest BCUT2D eigenvalue weighted by atomic mass is 10.2. The molecule has 1 aliphatic rings. The van der Waals surface area contributed by atoms with Crippen LogP contribution >= 0.6 is 0 Å². The van der Waals surface area contributed by atoms with E-state index in [0.717, 1.165) is 19.3 Å². The van der Waals surface area contributed by atoms with Crippen LogP contribution in [0.4, 0.5) is 5.95 Å². The average Bonchev–Trinajstić information content (AvgIpc) is 2.89. The van der Waals surface area contributed by atoms with Gasteiger partial charge in [0.2, 0.25) is 16.0 Å². The monoisotopic (exact) mass is 284 g/mol. The number of aromatic nitrogens is 2. The summed E-state index contributed by atoms with van der Waals surface area (Å²) >= 11 is 0. The third-order valence-corrected chi connectivity index (χ3v) is 5.27. The van der Waals surface area contributed by atoms with Gasteiger partial charge in [-0.2, -0.15) is 4.31 Å². The molecule has 1 aliphatic heterocycles. The van der Waals surface area contributed by atoms with Gasteiger partial charge in [-0.15, -0.1) is 0 Å². The quantitative estimate of drug-likeness (QED) is 0.886. The van der Waals surface area contributed by atoms with Crippen LogP contribution < -0.4 is 5.32 Å². The Labute approximate surface area is 114 Å². The first-order chi connectivity index (χ1) is 9.09. The Bertz CT molecular complexity index is 515. The number of hydrogen-bond acceptors (Lipinski definition) is 5. The average molecular weight is 284 g/mol. The molecule has 0 amide bonds. The fraction of sp³-hybridized carbons (Fsp3) is 0.667. The fourth-order valence-electron chi connectivity index (χ4n) is 2.37. The van der Waals surface area contributed by atoms with E-state index < -0.39 is 10.0 Å². The molecule has 0 radical (unpaired) electrons. The Morgan fingerprint density at radius 2 is 2.05 bits per heavy atom. The van der Waals surface area contributed by atoms with Gasteiger partial charge in [-0.05, 0) is 26.2 Å². The lowest BCUT2D eigenvalue weighted by Crippen LogP contribution is -2.35. The van der Waals surface area contributed by atoms with Gasteiger partial charge in [0.25, 0.3) is 0 Å². The summed E-state index contributed by atoms with van der Waals surface area (Å²) < 4.78 is 26.6. The molecule has 0 bridgehead atoms. The van der Waals surface area contributed by atoms with Crippen LogP contribution in [-0.4, -0.2) is 41.8 Å². The molecule has 0 aromatic carbocycles. The second-order valence-corrected chi connectivity index (χ2v) is 6.48. The summed E-state index contributed by atoms with van der Waals surface area (Å²) in [5, 5.41) is 2.95. The molecule has 2 heterocycles. The summed E-state index contributed by atoms with van der Waals surface area (Å²) in [6.07, 6.45) is 5.46. The molecule has 7 heteroatoms. The second-order valence-electron chi connectivity index (χ2n) is 4.59. The van der Waals surface area contributed by atoms with Gasteiger partial charge in [0.15, 0.2) is 0 Å². The highest BCUT2D eigenvalue weighted by Crippen LogP contribution is 2.27. The largest absolute Gasteiger partial charge is 0.355 e. The van der Waals surface area contributed by atoms with Crippen LogP contribution in [0.5, 0.6) is 0 Å². The highest BCUT2D eigenvalue weighted by Gasteiger charge is 2.34. The van der Waals surface area contributed by atoms with Crippen molar-refractivity contribution in [1.82, 2.24) is 14.3 Å². The van der Waals surface area contributed by atoms with Crippen LogP contribution in [-0.2, 0) is 10.0 Å². The van der Waals surface area contributed by atoms with Crippen molar-refractivity contribution in [2.24, 2.45) is 0 Å². The Morgan fingerprint density at radius 1 is 1.37 bits per heavy atom. The highest BCUT2D eigenvalue weighted by molar-refractivity contribution is 7.89. The van der Waals surface area contributed by atoms with E-state index in [1.807, 2.05) is 13.8 Å². The van der Waals surface area contributed by atoms with Gasteiger partial charge in [-0.3, -0.25) is 0 Å². The van der Waals surface area contributed by atoms with E-state index in [1.165, 1.54) is 12.4 Å². The number of nitrogens with one attached hydrogen (secondary N) is 1. The number of hydrogen-bond donors (Lipinski definition) is 1. The van der Waals surface area contributed by atoms with Crippen molar-refractivity contribution >= 4 is 16.0 Å². The van der Waals surface area contributed by atoms with Crippen molar-refractivity contribution in [1.29, 1.82) is 0 Å². The molecular weight excluding hydrogens is 264 g/mol.